The summed E-state index contributed by atoms with van der Waals surface area (Å²) in [6.45, 7) is 16.5. The zero-order chi connectivity index (χ0) is 55.5. The SMILES string of the molecule is CN[C@@H](C)C(=O)N[C@H](C(=O)N1Cc2ccc(NC(=O)CNC(=O)C3(C)CN(C(=O)CN4C[C@@H](C)NC[C@@H]4CN4CCOC[C@H]4C)c4cc(Cc5ccc(F)cc5)ccc43)cc2[C@H]1C(=O)Nc1c(F)cccc1F)C(C)(C)C. The largest absolute Gasteiger partial charge is 0.379 e. The number of hydrogen-bond donors (Lipinski definition) is 6. The van der Waals surface area contributed by atoms with Crippen LogP contribution in [0.3, 0.4) is 0 Å². The lowest BCUT2D eigenvalue weighted by molar-refractivity contribution is -0.144. The molecule has 0 radical (unpaired) electrons. The van der Waals surface area contributed by atoms with Crippen LogP contribution in [-0.4, -0.2) is 146 Å². The number of fused-ring (bicyclic) bond motifs is 2. The number of nitrogens with one attached hydrogen (secondary N) is 6. The summed E-state index contributed by atoms with van der Waals surface area (Å²) >= 11 is 0. The van der Waals surface area contributed by atoms with Gasteiger partial charge >= 0.3 is 0 Å². The lowest BCUT2D eigenvalue weighted by Gasteiger charge is -2.43. The second-order valence-electron chi connectivity index (χ2n) is 22.2. The molecule has 77 heavy (non-hydrogen) atoms. The van der Waals surface area contributed by atoms with E-state index in [2.05, 4.69) is 55.5 Å². The van der Waals surface area contributed by atoms with Crippen molar-refractivity contribution in [3.8, 4) is 0 Å². The number of piperazine rings is 1. The van der Waals surface area contributed by atoms with Gasteiger partial charge in [0, 0.05) is 68.8 Å². The van der Waals surface area contributed by atoms with Crippen LogP contribution in [0.4, 0.5) is 30.2 Å². The maximum atomic E-state index is 15.0. The second kappa shape index (κ2) is 23.5. The van der Waals surface area contributed by atoms with Crippen LogP contribution in [0.5, 0.6) is 0 Å². The molecule has 0 aliphatic carbocycles. The summed E-state index contributed by atoms with van der Waals surface area (Å²) in [4.78, 5) is 92.6. The molecule has 6 N–H and O–H groups in total. The van der Waals surface area contributed by atoms with Crippen molar-refractivity contribution in [3.05, 3.63) is 124 Å². The first-order chi connectivity index (χ1) is 36.5. The molecule has 2 saturated heterocycles. The van der Waals surface area contributed by atoms with E-state index in [4.69, 9.17) is 4.74 Å². The highest BCUT2D eigenvalue weighted by molar-refractivity contribution is 6.05. The van der Waals surface area contributed by atoms with E-state index in [0.29, 0.717) is 49.5 Å². The van der Waals surface area contributed by atoms with Crippen LogP contribution >= 0.6 is 0 Å². The lowest BCUT2D eigenvalue weighted by Crippen LogP contribution is -2.62. The van der Waals surface area contributed by atoms with Gasteiger partial charge in [0.15, 0.2) is 0 Å². The Morgan fingerprint density at radius 3 is 2.30 bits per heavy atom. The number of likely N-dealkylation sites (N-methyl/N-ethyl adjacent to an activating group) is 1. The molecule has 0 saturated carbocycles. The van der Waals surface area contributed by atoms with Gasteiger partial charge in [-0.05, 0) is 117 Å². The van der Waals surface area contributed by atoms with E-state index in [1.54, 1.807) is 70.8 Å². The standard InChI is InChI=1S/C57H71F3N10O7/c1-33-27-68(41(25-62-33)29-67-20-21-77-31-34(67)2)30-48(72)70-32-57(7,43-19-14-37(23-46(43)70)22-36-12-16-39(58)17-13-36)55(76)63-26-47(71)64-40-18-15-38-28-69(54(75)51(56(4,5)6)66-52(73)35(3)61-8)50(42(38)24-40)53(74)65-49-44(59)10-9-11-45(49)60/h9-19,23-24,33-35,41,50-51,61-62H,20-22,25-32H2,1-8H3,(H,63,76)(H,64,71)(H,65,74)(H,66,73)/t33-,34-,35+,41-,50+,51-,57?/m1/s1. The van der Waals surface area contributed by atoms with Crippen molar-refractivity contribution < 1.29 is 46.7 Å². The predicted octanol–water partition coefficient (Wildman–Crippen LogP) is 4.60. The number of ether oxygens (including phenoxy) is 1. The van der Waals surface area contributed by atoms with Crippen molar-refractivity contribution in [2.45, 2.75) is 103 Å². The number of amides is 6. The van der Waals surface area contributed by atoms with Gasteiger partial charge in [-0.3, -0.25) is 38.6 Å². The highest BCUT2D eigenvalue weighted by Crippen LogP contribution is 2.43. The van der Waals surface area contributed by atoms with E-state index in [1.165, 1.54) is 23.1 Å². The van der Waals surface area contributed by atoms with Crippen LogP contribution in [0.25, 0.3) is 0 Å². The Bertz CT molecular complexity index is 2860. The number of rotatable bonds is 16. The fourth-order valence-corrected chi connectivity index (χ4v) is 10.7. The monoisotopic (exact) mass is 1060 g/mol. The normalized spacial score (nSPS) is 22.4. The van der Waals surface area contributed by atoms with Crippen LogP contribution in [0.2, 0.25) is 0 Å². The zero-order valence-electron chi connectivity index (χ0n) is 45.0. The summed E-state index contributed by atoms with van der Waals surface area (Å²) in [5, 5.41) is 17.1. The number of carbonyl (C=O) groups excluding carboxylic acids is 6. The number of carbonyl (C=O) groups is 6. The van der Waals surface area contributed by atoms with E-state index >= 15 is 0 Å². The predicted molar refractivity (Wildman–Crippen MR) is 286 cm³/mol. The van der Waals surface area contributed by atoms with E-state index in [9.17, 15) is 41.9 Å². The lowest BCUT2D eigenvalue weighted by atomic mass is 9.83. The summed E-state index contributed by atoms with van der Waals surface area (Å²) < 4.78 is 49.5. The first kappa shape index (κ1) is 56.5. The number of anilines is 3. The molecule has 7 atom stereocenters. The topological polar surface area (TPSA) is 197 Å². The molecule has 4 aliphatic heterocycles. The van der Waals surface area contributed by atoms with Gasteiger partial charge in [0.05, 0.1) is 37.8 Å². The van der Waals surface area contributed by atoms with Gasteiger partial charge < -0.3 is 46.4 Å². The van der Waals surface area contributed by atoms with E-state index in [1.807, 2.05) is 18.2 Å². The Balaban J connectivity index is 1.01. The molecule has 6 amide bonds. The third-order valence-corrected chi connectivity index (χ3v) is 15.3. The zero-order valence-corrected chi connectivity index (χ0v) is 45.0. The third kappa shape index (κ3) is 12.7. The van der Waals surface area contributed by atoms with Crippen LogP contribution in [-0.2, 0) is 51.9 Å². The molecular weight excluding hydrogens is 994 g/mol. The Labute approximate surface area is 448 Å². The molecule has 2 fully saturated rings. The Hall–Kier alpha value is -6.71. The third-order valence-electron chi connectivity index (χ3n) is 15.3. The van der Waals surface area contributed by atoms with Crippen molar-refractivity contribution in [1.29, 1.82) is 0 Å². The maximum absolute atomic E-state index is 15.0. The smallest absolute Gasteiger partial charge is 0.252 e. The molecule has 0 aromatic heterocycles. The summed E-state index contributed by atoms with van der Waals surface area (Å²) in [7, 11) is 1.60. The van der Waals surface area contributed by atoms with Crippen molar-refractivity contribution in [2.24, 2.45) is 5.41 Å². The molecule has 4 aliphatic rings. The van der Waals surface area contributed by atoms with Crippen molar-refractivity contribution in [3.63, 3.8) is 0 Å². The van der Waals surface area contributed by atoms with E-state index < -0.39 is 82.4 Å². The van der Waals surface area contributed by atoms with Gasteiger partial charge in [-0.15, -0.1) is 0 Å². The number of nitrogens with zero attached hydrogens (tertiary/aromatic N) is 4. The molecule has 20 heteroatoms. The minimum Gasteiger partial charge on any atom is -0.379 e. The van der Waals surface area contributed by atoms with Gasteiger partial charge in [0.1, 0.15) is 35.2 Å². The first-order valence-electron chi connectivity index (χ1n) is 26.3. The summed E-state index contributed by atoms with van der Waals surface area (Å²) in [5.74, 6) is -5.77. The summed E-state index contributed by atoms with van der Waals surface area (Å²) in [5.41, 5.74) is 0.985. The Kier molecular flexibility index (Phi) is 17.2. The second-order valence-corrected chi connectivity index (χ2v) is 22.2. The van der Waals surface area contributed by atoms with Crippen molar-refractivity contribution >= 4 is 52.5 Å². The Morgan fingerprint density at radius 1 is 0.896 bits per heavy atom. The van der Waals surface area contributed by atoms with Crippen LogP contribution in [0.15, 0.2) is 78.9 Å². The molecule has 0 bridgehead atoms. The number of benzene rings is 4. The van der Waals surface area contributed by atoms with Crippen LogP contribution < -0.4 is 36.8 Å². The molecule has 4 aromatic rings. The number of halogens is 3. The van der Waals surface area contributed by atoms with Crippen molar-refractivity contribution in [2.75, 3.05) is 81.6 Å². The fourth-order valence-electron chi connectivity index (χ4n) is 10.7. The molecule has 4 heterocycles. The highest BCUT2D eigenvalue weighted by Gasteiger charge is 2.48. The quantitative estimate of drug-likeness (QED) is 0.0919. The first-order valence-corrected chi connectivity index (χ1v) is 26.3. The van der Waals surface area contributed by atoms with Gasteiger partial charge in [0.2, 0.25) is 29.5 Å². The van der Waals surface area contributed by atoms with Gasteiger partial charge in [0.25, 0.3) is 5.91 Å². The molecule has 412 valence electrons. The Morgan fingerprint density at radius 2 is 1.61 bits per heavy atom. The molecule has 0 spiro atoms. The van der Waals surface area contributed by atoms with Crippen LogP contribution in [0.1, 0.15) is 82.3 Å². The number of morpholine rings is 1. The number of para-hydroxylation sites is 1. The average Bonchev–Trinajstić information content (AvgIpc) is 4.00. The minimum atomic E-state index is -1.46. The number of hydrogen-bond acceptors (Lipinski definition) is 11. The van der Waals surface area contributed by atoms with Gasteiger partial charge in [-0.1, -0.05) is 57.2 Å². The molecule has 8 rings (SSSR count). The van der Waals surface area contributed by atoms with E-state index in [-0.39, 0.29) is 60.7 Å². The molecule has 17 nitrogen and oxygen atoms in total. The summed E-state index contributed by atoms with van der Waals surface area (Å²) in [6, 6.07) is 16.8. The highest BCUT2D eigenvalue weighted by atomic mass is 19.1. The van der Waals surface area contributed by atoms with Crippen LogP contribution in [0, 0.1) is 22.9 Å². The average molecular weight is 1070 g/mol. The molecule has 1 unspecified atom stereocenters. The van der Waals surface area contributed by atoms with Gasteiger partial charge in [-0.25, -0.2) is 13.2 Å². The van der Waals surface area contributed by atoms with Crippen molar-refractivity contribution in [1.82, 2.24) is 36.0 Å². The maximum Gasteiger partial charge on any atom is 0.252 e. The molecular formula is C57H71F3N10O7. The fraction of sp³-hybridized carbons (Fsp3) is 0.474. The van der Waals surface area contributed by atoms with E-state index in [0.717, 1.165) is 42.4 Å². The minimum absolute atomic E-state index is 0.00399. The van der Waals surface area contributed by atoms with Gasteiger partial charge in [-0.2, -0.15) is 0 Å². The summed E-state index contributed by atoms with van der Waals surface area (Å²) in [6.07, 6.45) is 0.451. The molecule has 4 aromatic carbocycles.